The minimum absolute atomic E-state index is 0.417. The lowest BCUT2D eigenvalue weighted by molar-refractivity contribution is 0.199. The summed E-state index contributed by atoms with van der Waals surface area (Å²) in [7, 11) is 0. The first-order chi connectivity index (χ1) is 7.93. The zero-order valence-electron chi connectivity index (χ0n) is 11.6. The summed E-state index contributed by atoms with van der Waals surface area (Å²) < 4.78 is 0. The van der Waals surface area contributed by atoms with E-state index in [0.29, 0.717) is 12.0 Å². The standard InChI is InChI=1S/C15H25NO/c1-11(2)10-16(12(3)4)15-9-7-6-8-14(15)13(5)17/h6-9,11-13,17H,10H2,1-5H3/t13-/m0/s1. The molecular weight excluding hydrogens is 210 g/mol. The summed E-state index contributed by atoms with van der Waals surface area (Å²) >= 11 is 0. The average molecular weight is 235 g/mol. The van der Waals surface area contributed by atoms with Crippen LogP contribution in [0.15, 0.2) is 24.3 Å². The van der Waals surface area contributed by atoms with Gasteiger partial charge in [0.05, 0.1) is 6.10 Å². The lowest BCUT2D eigenvalue weighted by Gasteiger charge is -2.33. The Morgan fingerprint density at radius 2 is 1.65 bits per heavy atom. The Morgan fingerprint density at radius 3 is 2.12 bits per heavy atom. The second kappa shape index (κ2) is 6.06. The Morgan fingerprint density at radius 1 is 1.06 bits per heavy atom. The number of aliphatic hydroxyl groups is 1. The molecule has 96 valence electrons. The number of nitrogens with zero attached hydrogens (tertiary/aromatic N) is 1. The number of para-hydroxylation sites is 1. The monoisotopic (exact) mass is 235 g/mol. The summed E-state index contributed by atoms with van der Waals surface area (Å²) in [5.41, 5.74) is 2.17. The molecule has 0 aliphatic rings. The maximum absolute atomic E-state index is 9.84. The number of aliphatic hydroxyl groups excluding tert-OH is 1. The Balaban J connectivity index is 3.09. The Bertz CT molecular complexity index is 345. The molecule has 1 aromatic rings. The maximum Gasteiger partial charge on any atom is 0.0781 e. The van der Waals surface area contributed by atoms with Crippen molar-refractivity contribution < 1.29 is 5.11 Å². The molecule has 17 heavy (non-hydrogen) atoms. The Hall–Kier alpha value is -1.02. The van der Waals surface area contributed by atoms with E-state index in [9.17, 15) is 5.11 Å². The molecule has 0 bridgehead atoms. The van der Waals surface area contributed by atoms with Crippen LogP contribution >= 0.6 is 0 Å². The maximum atomic E-state index is 9.84. The third-order valence-corrected chi connectivity index (χ3v) is 2.88. The highest BCUT2D eigenvalue weighted by Gasteiger charge is 2.17. The molecule has 0 heterocycles. The molecule has 1 aromatic carbocycles. The lowest BCUT2D eigenvalue weighted by atomic mass is 10.0. The SMILES string of the molecule is CC(C)CN(c1ccccc1[C@H](C)O)C(C)C. The molecule has 2 heteroatoms. The van der Waals surface area contributed by atoms with Crippen LogP contribution in [0.2, 0.25) is 0 Å². The van der Waals surface area contributed by atoms with E-state index in [2.05, 4.69) is 38.7 Å². The van der Waals surface area contributed by atoms with Gasteiger partial charge in [-0.3, -0.25) is 0 Å². The highest BCUT2D eigenvalue weighted by molar-refractivity contribution is 5.55. The number of hydrogen-bond donors (Lipinski definition) is 1. The molecule has 0 radical (unpaired) electrons. The second-order valence-corrected chi connectivity index (χ2v) is 5.37. The highest BCUT2D eigenvalue weighted by Crippen LogP contribution is 2.28. The minimum atomic E-state index is -0.417. The molecule has 1 rings (SSSR count). The molecule has 0 aliphatic carbocycles. The van der Waals surface area contributed by atoms with Crippen LogP contribution in [-0.4, -0.2) is 17.7 Å². The number of hydrogen-bond acceptors (Lipinski definition) is 2. The van der Waals surface area contributed by atoms with Crippen molar-refractivity contribution in [1.29, 1.82) is 0 Å². The van der Waals surface area contributed by atoms with Gasteiger partial charge in [-0.05, 0) is 32.8 Å². The van der Waals surface area contributed by atoms with Gasteiger partial charge in [0.15, 0.2) is 0 Å². The van der Waals surface area contributed by atoms with Gasteiger partial charge in [0, 0.05) is 23.8 Å². The van der Waals surface area contributed by atoms with Crippen LogP contribution in [0.3, 0.4) is 0 Å². The van der Waals surface area contributed by atoms with Crippen molar-refractivity contribution in [3.8, 4) is 0 Å². The summed E-state index contributed by atoms with van der Waals surface area (Å²) in [6, 6.07) is 8.58. The van der Waals surface area contributed by atoms with E-state index >= 15 is 0 Å². The zero-order chi connectivity index (χ0) is 13.0. The third-order valence-electron chi connectivity index (χ3n) is 2.88. The van der Waals surface area contributed by atoms with E-state index in [4.69, 9.17) is 0 Å². The molecule has 0 aliphatic heterocycles. The first-order valence-corrected chi connectivity index (χ1v) is 6.47. The summed E-state index contributed by atoms with van der Waals surface area (Å²) in [5, 5.41) is 9.84. The van der Waals surface area contributed by atoms with E-state index in [-0.39, 0.29) is 0 Å². The Kier molecular flexibility index (Phi) is 5.01. The van der Waals surface area contributed by atoms with Gasteiger partial charge in [0.2, 0.25) is 0 Å². The van der Waals surface area contributed by atoms with Crippen molar-refractivity contribution in [2.45, 2.75) is 46.8 Å². The number of benzene rings is 1. The molecule has 1 atom stereocenters. The molecule has 0 unspecified atom stereocenters. The zero-order valence-corrected chi connectivity index (χ0v) is 11.6. The molecule has 2 nitrogen and oxygen atoms in total. The third kappa shape index (κ3) is 3.74. The Labute approximate surface area is 105 Å². The summed E-state index contributed by atoms with van der Waals surface area (Å²) in [6.45, 7) is 11.7. The largest absolute Gasteiger partial charge is 0.389 e. The van der Waals surface area contributed by atoms with Gasteiger partial charge < -0.3 is 10.0 Å². The van der Waals surface area contributed by atoms with Gasteiger partial charge in [-0.15, -0.1) is 0 Å². The van der Waals surface area contributed by atoms with E-state index in [0.717, 1.165) is 17.8 Å². The van der Waals surface area contributed by atoms with Crippen LogP contribution in [0.5, 0.6) is 0 Å². The molecule has 0 amide bonds. The van der Waals surface area contributed by atoms with Crippen LogP contribution in [0.4, 0.5) is 5.69 Å². The molecule has 0 aromatic heterocycles. The summed E-state index contributed by atoms with van der Waals surface area (Å²) in [4.78, 5) is 2.37. The predicted octanol–water partition coefficient (Wildman–Crippen LogP) is 3.61. The van der Waals surface area contributed by atoms with E-state index in [1.807, 2.05) is 25.1 Å². The van der Waals surface area contributed by atoms with Crippen LogP contribution < -0.4 is 4.90 Å². The number of anilines is 1. The first-order valence-electron chi connectivity index (χ1n) is 6.47. The van der Waals surface area contributed by atoms with E-state index in [1.165, 1.54) is 0 Å². The van der Waals surface area contributed by atoms with Crippen molar-refractivity contribution in [2.24, 2.45) is 5.92 Å². The van der Waals surface area contributed by atoms with Gasteiger partial charge in [0.25, 0.3) is 0 Å². The molecule has 0 saturated heterocycles. The molecule has 1 N–H and O–H groups in total. The average Bonchev–Trinajstić information content (AvgIpc) is 2.25. The van der Waals surface area contributed by atoms with Crippen LogP contribution in [0.1, 0.15) is 46.3 Å². The van der Waals surface area contributed by atoms with E-state index in [1.54, 1.807) is 0 Å². The fourth-order valence-corrected chi connectivity index (χ4v) is 2.08. The van der Waals surface area contributed by atoms with Gasteiger partial charge in [0.1, 0.15) is 0 Å². The quantitative estimate of drug-likeness (QED) is 0.842. The molecule has 0 saturated carbocycles. The second-order valence-electron chi connectivity index (χ2n) is 5.37. The predicted molar refractivity (Wildman–Crippen MR) is 74.4 cm³/mol. The topological polar surface area (TPSA) is 23.5 Å². The van der Waals surface area contributed by atoms with Crippen LogP contribution in [0.25, 0.3) is 0 Å². The van der Waals surface area contributed by atoms with Crippen molar-refractivity contribution in [2.75, 3.05) is 11.4 Å². The fraction of sp³-hybridized carbons (Fsp3) is 0.600. The van der Waals surface area contributed by atoms with Gasteiger partial charge >= 0.3 is 0 Å². The van der Waals surface area contributed by atoms with Crippen molar-refractivity contribution >= 4 is 5.69 Å². The van der Waals surface area contributed by atoms with Crippen molar-refractivity contribution in [1.82, 2.24) is 0 Å². The highest BCUT2D eigenvalue weighted by atomic mass is 16.3. The summed E-state index contributed by atoms with van der Waals surface area (Å²) in [5.74, 6) is 0.611. The van der Waals surface area contributed by atoms with Crippen molar-refractivity contribution in [3.63, 3.8) is 0 Å². The van der Waals surface area contributed by atoms with Gasteiger partial charge in [-0.2, -0.15) is 0 Å². The summed E-state index contributed by atoms with van der Waals surface area (Å²) in [6.07, 6.45) is -0.417. The van der Waals surface area contributed by atoms with Crippen LogP contribution in [0, 0.1) is 5.92 Å². The minimum Gasteiger partial charge on any atom is -0.389 e. The van der Waals surface area contributed by atoms with Crippen LogP contribution in [-0.2, 0) is 0 Å². The normalized spacial score (nSPS) is 13.2. The molecular formula is C15H25NO. The van der Waals surface area contributed by atoms with Gasteiger partial charge in [-0.1, -0.05) is 32.0 Å². The smallest absolute Gasteiger partial charge is 0.0781 e. The fourth-order valence-electron chi connectivity index (χ4n) is 2.08. The van der Waals surface area contributed by atoms with Gasteiger partial charge in [-0.25, -0.2) is 0 Å². The lowest BCUT2D eigenvalue weighted by Crippen LogP contribution is -2.35. The first kappa shape index (κ1) is 14.0. The van der Waals surface area contributed by atoms with Crippen molar-refractivity contribution in [3.05, 3.63) is 29.8 Å². The number of rotatable bonds is 5. The molecule has 0 fully saturated rings. The van der Waals surface area contributed by atoms with E-state index < -0.39 is 6.10 Å². The molecule has 0 spiro atoms.